The molecule has 1 aromatic rings. The minimum absolute atomic E-state index is 0.0313. The zero-order chi connectivity index (χ0) is 10.3. The molecule has 78 valence electrons. The SMILES string of the molecule is CCc1c(N)nn2c1C(F)(F)CCC2. The second-order valence-electron chi connectivity index (χ2n) is 3.60. The van der Waals surface area contributed by atoms with Gasteiger partial charge in [-0.25, -0.2) is 0 Å². The highest BCUT2D eigenvalue weighted by molar-refractivity contribution is 5.44. The molecular formula is C9H13F2N3. The number of anilines is 1. The first-order valence-electron chi connectivity index (χ1n) is 4.79. The van der Waals surface area contributed by atoms with Crippen LogP contribution in [0.3, 0.4) is 0 Å². The average molecular weight is 201 g/mol. The molecule has 0 spiro atoms. The minimum atomic E-state index is -2.76. The summed E-state index contributed by atoms with van der Waals surface area (Å²) < 4.78 is 28.4. The minimum Gasteiger partial charge on any atom is -0.382 e. The molecule has 0 unspecified atom stereocenters. The molecule has 0 saturated heterocycles. The highest BCUT2D eigenvalue weighted by Crippen LogP contribution is 2.40. The Balaban J connectivity index is 2.59. The summed E-state index contributed by atoms with van der Waals surface area (Å²) in [6, 6.07) is 0. The molecule has 1 aliphatic rings. The fraction of sp³-hybridized carbons (Fsp3) is 0.667. The van der Waals surface area contributed by atoms with Crippen molar-refractivity contribution in [2.45, 2.75) is 38.7 Å². The summed E-state index contributed by atoms with van der Waals surface area (Å²) in [5.74, 6) is -2.50. The first-order chi connectivity index (χ1) is 6.56. The van der Waals surface area contributed by atoms with E-state index < -0.39 is 5.92 Å². The highest BCUT2D eigenvalue weighted by Gasteiger charge is 2.41. The lowest BCUT2D eigenvalue weighted by atomic mass is 10.0. The topological polar surface area (TPSA) is 43.8 Å². The van der Waals surface area contributed by atoms with Crippen molar-refractivity contribution < 1.29 is 8.78 Å². The van der Waals surface area contributed by atoms with Gasteiger partial charge < -0.3 is 5.73 Å². The molecule has 0 bridgehead atoms. The molecule has 5 heteroatoms. The summed E-state index contributed by atoms with van der Waals surface area (Å²) in [7, 11) is 0. The van der Waals surface area contributed by atoms with Crippen molar-refractivity contribution in [3.8, 4) is 0 Å². The number of hydrogen-bond donors (Lipinski definition) is 1. The number of nitrogen functional groups attached to an aromatic ring is 1. The second kappa shape index (κ2) is 2.93. The first kappa shape index (κ1) is 9.43. The molecule has 0 aromatic carbocycles. The summed E-state index contributed by atoms with van der Waals surface area (Å²) in [6.07, 6.45) is 0.881. The number of aromatic nitrogens is 2. The van der Waals surface area contributed by atoms with E-state index in [4.69, 9.17) is 5.73 Å². The normalized spacial score (nSPS) is 19.4. The van der Waals surface area contributed by atoms with Gasteiger partial charge in [-0.1, -0.05) is 6.92 Å². The monoisotopic (exact) mass is 201 g/mol. The van der Waals surface area contributed by atoms with Crippen LogP contribution < -0.4 is 5.73 Å². The van der Waals surface area contributed by atoms with E-state index in [1.807, 2.05) is 6.92 Å². The Bertz CT molecular complexity index is 357. The third kappa shape index (κ3) is 1.19. The van der Waals surface area contributed by atoms with Crippen molar-refractivity contribution in [3.05, 3.63) is 11.3 Å². The Morgan fingerprint density at radius 3 is 2.93 bits per heavy atom. The Labute approximate surface area is 80.9 Å². The Kier molecular flexibility index (Phi) is 1.97. The van der Waals surface area contributed by atoms with Gasteiger partial charge in [-0.05, 0) is 12.8 Å². The van der Waals surface area contributed by atoms with Crippen LogP contribution in [0.4, 0.5) is 14.6 Å². The maximum absolute atomic E-state index is 13.5. The molecule has 0 saturated carbocycles. The largest absolute Gasteiger partial charge is 0.382 e. The molecule has 14 heavy (non-hydrogen) atoms. The number of fused-ring (bicyclic) bond motifs is 1. The van der Waals surface area contributed by atoms with Crippen LogP contribution in [0.1, 0.15) is 31.0 Å². The molecule has 1 aliphatic heterocycles. The Morgan fingerprint density at radius 1 is 1.57 bits per heavy atom. The molecule has 2 N–H and O–H groups in total. The Hall–Kier alpha value is -1.13. The molecule has 3 nitrogen and oxygen atoms in total. The third-order valence-corrected chi connectivity index (χ3v) is 2.64. The van der Waals surface area contributed by atoms with Crippen LogP contribution >= 0.6 is 0 Å². The summed E-state index contributed by atoms with van der Waals surface area (Å²) >= 11 is 0. The standard InChI is InChI=1S/C9H13F2N3/c1-2-6-7-9(10,11)4-3-5-14(7)13-8(6)12/h2-5H2,1H3,(H2,12,13). The van der Waals surface area contributed by atoms with Crippen molar-refractivity contribution in [3.63, 3.8) is 0 Å². The lowest BCUT2D eigenvalue weighted by Crippen LogP contribution is -2.26. The van der Waals surface area contributed by atoms with Crippen molar-refractivity contribution in [2.75, 3.05) is 5.73 Å². The predicted molar refractivity (Wildman–Crippen MR) is 49.1 cm³/mol. The molecule has 2 rings (SSSR count). The number of halogens is 2. The lowest BCUT2D eigenvalue weighted by Gasteiger charge is -2.24. The van der Waals surface area contributed by atoms with Gasteiger partial charge >= 0.3 is 0 Å². The first-order valence-corrected chi connectivity index (χ1v) is 4.79. The predicted octanol–water partition coefficient (Wildman–Crippen LogP) is 1.91. The fourth-order valence-corrected chi connectivity index (χ4v) is 2.01. The highest BCUT2D eigenvalue weighted by atomic mass is 19.3. The number of aryl methyl sites for hydroxylation is 1. The summed E-state index contributed by atoms with van der Waals surface area (Å²) in [4.78, 5) is 0. The van der Waals surface area contributed by atoms with Crippen LogP contribution in [0.5, 0.6) is 0 Å². The van der Waals surface area contributed by atoms with E-state index in [2.05, 4.69) is 5.10 Å². The van der Waals surface area contributed by atoms with Crippen LogP contribution in [0, 0.1) is 0 Å². The van der Waals surface area contributed by atoms with Gasteiger partial charge in [0.15, 0.2) is 0 Å². The van der Waals surface area contributed by atoms with Crippen LogP contribution in [0.15, 0.2) is 0 Å². The second-order valence-corrected chi connectivity index (χ2v) is 3.60. The zero-order valence-corrected chi connectivity index (χ0v) is 8.06. The Morgan fingerprint density at radius 2 is 2.29 bits per heavy atom. The van der Waals surface area contributed by atoms with Gasteiger partial charge in [-0.15, -0.1) is 0 Å². The van der Waals surface area contributed by atoms with Crippen LogP contribution in [-0.4, -0.2) is 9.78 Å². The van der Waals surface area contributed by atoms with Gasteiger partial charge in [-0.3, -0.25) is 4.68 Å². The number of hydrogen-bond acceptors (Lipinski definition) is 2. The maximum atomic E-state index is 13.5. The van der Waals surface area contributed by atoms with Gasteiger partial charge in [0, 0.05) is 18.5 Å². The van der Waals surface area contributed by atoms with Crippen LogP contribution in [0.25, 0.3) is 0 Å². The van der Waals surface area contributed by atoms with Gasteiger partial charge in [0.1, 0.15) is 11.5 Å². The van der Waals surface area contributed by atoms with Crippen molar-refractivity contribution in [1.82, 2.24) is 9.78 Å². The number of rotatable bonds is 1. The number of alkyl halides is 2. The molecule has 1 aromatic heterocycles. The smallest absolute Gasteiger partial charge is 0.289 e. The van der Waals surface area contributed by atoms with E-state index in [0.717, 1.165) is 0 Å². The quantitative estimate of drug-likeness (QED) is 0.754. The lowest BCUT2D eigenvalue weighted by molar-refractivity contribution is -0.0372. The maximum Gasteiger partial charge on any atom is 0.289 e. The zero-order valence-electron chi connectivity index (χ0n) is 8.06. The molecule has 2 heterocycles. The molecule has 0 radical (unpaired) electrons. The van der Waals surface area contributed by atoms with Crippen LogP contribution in [-0.2, 0) is 18.9 Å². The average Bonchev–Trinajstić information content (AvgIpc) is 2.41. The van der Waals surface area contributed by atoms with Gasteiger partial charge in [0.2, 0.25) is 0 Å². The molecule has 0 atom stereocenters. The van der Waals surface area contributed by atoms with Crippen molar-refractivity contribution in [2.24, 2.45) is 0 Å². The van der Waals surface area contributed by atoms with Gasteiger partial charge in [0.25, 0.3) is 5.92 Å². The van der Waals surface area contributed by atoms with E-state index in [1.165, 1.54) is 4.68 Å². The van der Waals surface area contributed by atoms with E-state index in [9.17, 15) is 8.78 Å². The molecule has 0 amide bonds. The van der Waals surface area contributed by atoms with Gasteiger partial charge in [-0.2, -0.15) is 13.9 Å². The van der Waals surface area contributed by atoms with E-state index in [0.29, 0.717) is 24.9 Å². The fourth-order valence-electron chi connectivity index (χ4n) is 2.01. The molecule has 0 fully saturated rings. The molecular weight excluding hydrogens is 188 g/mol. The number of nitrogens with zero attached hydrogens (tertiary/aromatic N) is 2. The summed E-state index contributed by atoms with van der Waals surface area (Å²) in [6.45, 7) is 2.37. The summed E-state index contributed by atoms with van der Waals surface area (Å²) in [5.41, 5.74) is 6.13. The summed E-state index contributed by atoms with van der Waals surface area (Å²) in [5, 5.41) is 3.93. The van der Waals surface area contributed by atoms with Crippen LogP contribution in [0.2, 0.25) is 0 Å². The van der Waals surface area contributed by atoms with Gasteiger partial charge in [0.05, 0.1) is 0 Å². The third-order valence-electron chi connectivity index (χ3n) is 2.64. The number of nitrogens with two attached hydrogens (primary N) is 1. The van der Waals surface area contributed by atoms with E-state index in [1.54, 1.807) is 0 Å². The molecule has 0 aliphatic carbocycles. The van der Waals surface area contributed by atoms with Crippen molar-refractivity contribution >= 4 is 5.82 Å². The van der Waals surface area contributed by atoms with E-state index in [-0.39, 0.29) is 17.9 Å². The van der Waals surface area contributed by atoms with E-state index >= 15 is 0 Å². The van der Waals surface area contributed by atoms with Crippen molar-refractivity contribution in [1.29, 1.82) is 0 Å².